The number of aromatic nitrogens is 2. The zero-order chi connectivity index (χ0) is 19.2. The van der Waals surface area contributed by atoms with E-state index in [1.165, 1.54) is 24.3 Å². The summed E-state index contributed by atoms with van der Waals surface area (Å²) < 4.78 is 5.47. The van der Waals surface area contributed by atoms with Crippen molar-refractivity contribution >= 4 is 36.2 Å². The van der Waals surface area contributed by atoms with Crippen LogP contribution in [0, 0.1) is 0 Å². The summed E-state index contributed by atoms with van der Waals surface area (Å²) in [7, 11) is 0. The summed E-state index contributed by atoms with van der Waals surface area (Å²) in [4.78, 5) is 21.6. The molecule has 7 nitrogen and oxygen atoms in total. The second kappa shape index (κ2) is 7.92. The summed E-state index contributed by atoms with van der Waals surface area (Å²) >= 11 is 0. The molecule has 0 spiro atoms. The molecule has 27 heavy (non-hydrogen) atoms. The molecular weight excluding hydrogens is 348 g/mol. The summed E-state index contributed by atoms with van der Waals surface area (Å²) in [5, 5.41) is 25.5. The number of carboxylic acids is 2. The molecule has 134 valence electrons. The molecule has 1 heterocycles. The number of carboxylic acid groups (broad SMARTS) is 2. The zero-order valence-electron chi connectivity index (χ0n) is 13.9. The van der Waals surface area contributed by atoms with Crippen LogP contribution < -0.4 is 0 Å². The molecular formula is C20H14N2O5. The van der Waals surface area contributed by atoms with Crippen LogP contribution in [0.1, 0.15) is 43.6 Å². The lowest BCUT2D eigenvalue weighted by Crippen LogP contribution is -1.94. The normalized spacial score (nSPS) is 11.3. The number of hydrogen-bond donors (Lipinski definition) is 2. The van der Waals surface area contributed by atoms with Gasteiger partial charge in [0.05, 0.1) is 11.1 Å². The standard InChI is InChI=1S/C20H14N2O5/c23-19(24)15-7-1-13(2-8-15)5-11-17-21-22-18(27-17)12-6-14-3-9-16(10-4-14)20(25)26/h1-12H,(H,23,24)(H,25,26). The summed E-state index contributed by atoms with van der Waals surface area (Å²) in [5.74, 6) is -1.34. The van der Waals surface area contributed by atoms with Crippen LogP contribution in [0.25, 0.3) is 24.3 Å². The van der Waals surface area contributed by atoms with E-state index in [2.05, 4.69) is 10.2 Å². The van der Waals surface area contributed by atoms with Crippen LogP contribution in [0.4, 0.5) is 0 Å². The van der Waals surface area contributed by atoms with Crippen molar-refractivity contribution < 1.29 is 24.2 Å². The van der Waals surface area contributed by atoms with Gasteiger partial charge in [-0.25, -0.2) is 9.59 Å². The highest BCUT2D eigenvalue weighted by molar-refractivity contribution is 5.88. The zero-order valence-corrected chi connectivity index (χ0v) is 13.9. The Morgan fingerprint density at radius 2 is 1.04 bits per heavy atom. The second-order valence-electron chi connectivity index (χ2n) is 5.50. The van der Waals surface area contributed by atoms with E-state index in [9.17, 15) is 9.59 Å². The number of rotatable bonds is 6. The van der Waals surface area contributed by atoms with Crippen molar-refractivity contribution in [3.63, 3.8) is 0 Å². The van der Waals surface area contributed by atoms with Gasteiger partial charge in [-0.1, -0.05) is 24.3 Å². The van der Waals surface area contributed by atoms with Gasteiger partial charge in [-0.15, -0.1) is 10.2 Å². The Balaban J connectivity index is 1.65. The number of aromatic carboxylic acids is 2. The van der Waals surface area contributed by atoms with Gasteiger partial charge in [0.15, 0.2) is 0 Å². The Kier molecular flexibility index (Phi) is 5.22. The first-order chi connectivity index (χ1) is 13.0. The minimum Gasteiger partial charge on any atom is -0.478 e. The van der Waals surface area contributed by atoms with Crippen LogP contribution in [0.3, 0.4) is 0 Å². The molecule has 0 saturated heterocycles. The lowest BCUT2D eigenvalue weighted by atomic mass is 10.1. The second-order valence-corrected chi connectivity index (χ2v) is 5.50. The molecule has 0 radical (unpaired) electrons. The molecule has 7 heteroatoms. The quantitative estimate of drug-likeness (QED) is 0.685. The molecule has 2 N–H and O–H groups in total. The van der Waals surface area contributed by atoms with E-state index in [-0.39, 0.29) is 11.1 Å². The van der Waals surface area contributed by atoms with Crippen LogP contribution in [-0.4, -0.2) is 32.3 Å². The third-order valence-electron chi connectivity index (χ3n) is 3.61. The van der Waals surface area contributed by atoms with E-state index in [0.717, 1.165) is 11.1 Å². The molecule has 0 fully saturated rings. The fourth-order valence-corrected chi connectivity index (χ4v) is 2.19. The lowest BCUT2D eigenvalue weighted by molar-refractivity contribution is 0.0686. The van der Waals surface area contributed by atoms with Gasteiger partial charge in [-0.3, -0.25) is 0 Å². The van der Waals surface area contributed by atoms with Crippen molar-refractivity contribution in [2.45, 2.75) is 0 Å². The highest BCUT2D eigenvalue weighted by Crippen LogP contribution is 2.12. The largest absolute Gasteiger partial charge is 0.478 e. The van der Waals surface area contributed by atoms with E-state index in [1.807, 2.05) is 0 Å². The average molecular weight is 362 g/mol. The molecule has 0 aliphatic heterocycles. The third kappa shape index (κ3) is 4.76. The van der Waals surface area contributed by atoms with Gasteiger partial charge in [-0.2, -0.15) is 0 Å². The number of benzene rings is 2. The van der Waals surface area contributed by atoms with Crippen LogP contribution in [0.5, 0.6) is 0 Å². The van der Waals surface area contributed by atoms with E-state index in [0.29, 0.717) is 11.8 Å². The van der Waals surface area contributed by atoms with Crippen LogP contribution in [0.15, 0.2) is 52.9 Å². The fraction of sp³-hybridized carbons (Fsp3) is 0. The molecule has 0 saturated carbocycles. The van der Waals surface area contributed by atoms with E-state index in [4.69, 9.17) is 14.6 Å². The van der Waals surface area contributed by atoms with Crippen LogP contribution in [-0.2, 0) is 0 Å². The first-order valence-corrected chi connectivity index (χ1v) is 7.88. The molecule has 3 rings (SSSR count). The number of nitrogens with zero attached hydrogens (tertiary/aromatic N) is 2. The van der Waals surface area contributed by atoms with Crippen molar-refractivity contribution in [3.8, 4) is 0 Å². The lowest BCUT2D eigenvalue weighted by Gasteiger charge is -1.95. The molecule has 3 aromatic rings. The highest BCUT2D eigenvalue weighted by Gasteiger charge is 2.03. The van der Waals surface area contributed by atoms with E-state index in [1.54, 1.807) is 48.6 Å². The smallest absolute Gasteiger partial charge is 0.335 e. The maximum atomic E-state index is 10.8. The Hall–Kier alpha value is -4.00. The van der Waals surface area contributed by atoms with Crippen LogP contribution in [0.2, 0.25) is 0 Å². The summed E-state index contributed by atoms with van der Waals surface area (Å²) in [6, 6.07) is 12.8. The average Bonchev–Trinajstić information content (AvgIpc) is 3.13. The molecule has 0 aliphatic rings. The van der Waals surface area contributed by atoms with Gasteiger partial charge in [0.2, 0.25) is 11.8 Å². The maximum absolute atomic E-state index is 10.8. The van der Waals surface area contributed by atoms with Crippen LogP contribution >= 0.6 is 0 Å². The summed E-state index contributed by atoms with van der Waals surface area (Å²) in [5.41, 5.74) is 2.03. The molecule has 0 aliphatic carbocycles. The Bertz CT molecular complexity index is 933. The summed E-state index contributed by atoms with van der Waals surface area (Å²) in [6.45, 7) is 0. The summed E-state index contributed by atoms with van der Waals surface area (Å²) in [6.07, 6.45) is 6.72. The fourth-order valence-electron chi connectivity index (χ4n) is 2.19. The van der Waals surface area contributed by atoms with Gasteiger partial charge < -0.3 is 14.6 Å². The number of carbonyl (C=O) groups is 2. The Morgan fingerprint density at radius 3 is 1.37 bits per heavy atom. The molecule has 0 amide bonds. The van der Waals surface area contributed by atoms with Crippen molar-refractivity contribution in [2.24, 2.45) is 0 Å². The van der Waals surface area contributed by atoms with Crippen molar-refractivity contribution in [1.29, 1.82) is 0 Å². The van der Waals surface area contributed by atoms with Gasteiger partial charge in [-0.05, 0) is 47.5 Å². The Labute approximate surface area is 153 Å². The predicted octanol–water partition coefficient (Wildman–Crippen LogP) is 3.81. The van der Waals surface area contributed by atoms with E-state index >= 15 is 0 Å². The van der Waals surface area contributed by atoms with Crippen molar-refractivity contribution in [1.82, 2.24) is 10.2 Å². The topological polar surface area (TPSA) is 114 Å². The van der Waals surface area contributed by atoms with E-state index < -0.39 is 11.9 Å². The van der Waals surface area contributed by atoms with Crippen molar-refractivity contribution in [3.05, 3.63) is 82.6 Å². The first kappa shape index (κ1) is 17.8. The predicted molar refractivity (Wildman–Crippen MR) is 99.0 cm³/mol. The van der Waals surface area contributed by atoms with Gasteiger partial charge in [0.25, 0.3) is 0 Å². The monoisotopic (exact) mass is 362 g/mol. The third-order valence-corrected chi connectivity index (χ3v) is 3.61. The van der Waals surface area contributed by atoms with Crippen molar-refractivity contribution in [2.75, 3.05) is 0 Å². The SMILES string of the molecule is O=C(O)c1ccc(C=Cc2nnc(C=Cc3ccc(C(=O)O)cc3)o2)cc1. The van der Waals surface area contributed by atoms with Gasteiger partial charge >= 0.3 is 11.9 Å². The molecule has 0 atom stereocenters. The molecule has 2 aromatic carbocycles. The molecule has 0 unspecified atom stereocenters. The first-order valence-electron chi connectivity index (χ1n) is 7.88. The Morgan fingerprint density at radius 1 is 0.667 bits per heavy atom. The molecule has 1 aromatic heterocycles. The molecule has 0 bridgehead atoms. The maximum Gasteiger partial charge on any atom is 0.335 e. The minimum absolute atomic E-state index is 0.216. The highest BCUT2D eigenvalue weighted by atomic mass is 16.4. The number of hydrogen-bond acceptors (Lipinski definition) is 5. The van der Waals surface area contributed by atoms with Gasteiger partial charge in [0, 0.05) is 12.2 Å². The minimum atomic E-state index is -0.976. The van der Waals surface area contributed by atoms with Gasteiger partial charge in [0.1, 0.15) is 0 Å².